The van der Waals surface area contributed by atoms with Gasteiger partial charge in [0.15, 0.2) is 6.61 Å². The van der Waals surface area contributed by atoms with Gasteiger partial charge in [0.1, 0.15) is 6.04 Å². The lowest BCUT2D eigenvalue weighted by Crippen LogP contribution is -2.44. The van der Waals surface area contributed by atoms with Gasteiger partial charge in [-0.1, -0.05) is 23.7 Å². The van der Waals surface area contributed by atoms with Crippen LogP contribution in [-0.2, 0) is 30.8 Å². The van der Waals surface area contributed by atoms with Crippen LogP contribution in [0.25, 0.3) is 0 Å². The van der Waals surface area contributed by atoms with Gasteiger partial charge in [0.25, 0.3) is 5.91 Å². The van der Waals surface area contributed by atoms with Crippen LogP contribution in [0.5, 0.6) is 6.01 Å². The Bertz CT molecular complexity index is 2050. The Kier molecular flexibility index (Phi) is 12.5. The highest BCUT2D eigenvalue weighted by Gasteiger charge is 2.45. The molecule has 1 aliphatic rings. The molecule has 4 aromatic rings. The number of nitrogens with zero attached hydrogens (tertiary/aromatic N) is 3. The molecule has 21 heteroatoms. The van der Waals surface area contributed by atoms with Crippen molar-refractivity contribution in [2.75, 3.05) is 36.2 Å². The topological polar surface area (TPSA) is 186 Å². The maximum absolute atomic E-state index is 13.0. The Balaban J connectivity index is 1.19. The van der Waals surface area contributed by atoms with Crippen LogP contribution in [0, 0.1) is 0 Å². The number of hydrogen-bond acceptors (Lipinski definition) is 11. The lowest BCUT2D eigenvalue weighted by Gasteiger charge is -2.19. The van der Waals surface area contributed by atoms with Crippen LogP contribution in [-0.4, -0.2) is 71.1 Å². The van der Waals surface area contributed by atoms with Crippen LogP contribution in [0.1, 0.15) is 40.7 Å². The van der Waals surface area contributed by atoms with Crippen molar-refractivity contribution in [2.24, 2.45) is 0 Å². The number of carbonyl (C=O) groups is 4. The molecule has 5 N–H and O–H groups in total. The molecule has 0 bridgehead atoms. The predicted molar refractivity (Wildman–Crippen MR) is 188 cm³/mol. The fourth-order valence-corrected chi connectivity index (χ4v) is 5.21. The summed E-state index contributed by atoms with van der Waals surface area (Å²) in [7, 11) is 1.07. The lowest BCUT2D eigenvalue weighted by molar-refractivity contribution is -0.154. The molecular formula is C35H31ClF6N8O6. The van der Waals surface area contributed by atoms with Gasteiger partial charge in [0.05, 0.1) is 18.2 Å². The quantitative estimate of drug-likeness (QED) is 0.0594. The molecule has 1 atom stereocenters. The standard InChI is InChI=1S/C35H31ClF6N8O6/c1-55-29(54)25(14-17-43-27(52)28(53)44-23-12-6-21(7-13-23)35(40,41)42)46-26(51)19-2-10-24(11-3-19)45-30-47-31(49-32(48-30)56-18-34(37,38)39)50-33(15-16-33)20-4-8-22(36)9-5-20/h2-13,25H,14-18H2,1H3,(H,43,52)(H,44,53)(H,46,51)(H2,45,47,48,49,50)/t25-/m0/s1. The summed E-state index contributed by atoms with van der Waals surface area (Å²) in [5.41, 5.74) is -0.357. The molecule has 3 amide bonds. The van der Waals surface area contributed by atoms with Crippen molar-refractivity contribution in [3.63, 3.8) is 0 Å². The monoisotopic (exact) mass is 808 g/mol. The highest BCUT2D eigenvalue weighted by molar-refractivity contribution is 6.39. The van der Waals surface area contributed by atoms with E-state index in [4.69, 9.17) is 21.1 Å². The third kappa shape index (κ3) is 11.4. The minimum Gasteiger partial charge on any atom is -0.467 e. The third-order valence-corrected chi connectivity index (χ3v) is 8.32. The number of amides is 3. The van der Waals surface area contributed by atoms with E-state index in [0.717, 1.165) is 36.9 Å². The van der Waals surface area contributed by atoms with Crippen LogP contribution in [0.3, 0.4) is 0 Å². The van der Waals surface area contributed by atoms with Crippen molar-refractivity contribution >= 4 is 58.6 Å². The van der Waals surface area contributed by atoms with Gasteiger partial charge < -0.3 is 36.1 Å². The first-order valence-electron chi connectivity index (χ1n) is 16.5. The molecule has 1 saturated carbocycles. The van der Waals surface area contributed by atoms with Crippen LogP contribution in [0.15, 0.2) is 72.8 Å². The van der Waals surface area contributed by atoms with Crippen molar-refractivity contribution in [3.05, 3.63) is 94.5 Å². The predicted octanol–water partition coefficient (Wildman–Crippen LogP) is 5.75. The SMILES string of the molecule is COC(=O)[C@H](CCNC(=O)C(=O)Nc1ccc(C(F)(F)F)cc1)NC(=O)c1ccc(Nc2nc(NC3(c4ccc(Cl)cc4)CC3)nc(OCC(F)(F)F)n2)cc1. The van der Waals surface area contributed by atoms with E-state index in [9.17, 15) is 45.5 Å². The number of methoxy groups -OCH3 is 1. The molecular weight excluding hydrogens is 778 g/mol. The van der Waals surface area contributed by atoms with E-state index in [1.165, 1.54) is 24.3 Å². The summed E-state index contributed by atoms with van der Waals surface area (Å²) < 4.78 is 86.7. The summed E-state index contributed by atoms with van der Waals surface area (Å²) >= 11 is 6.01. The normalized spacial score (nSPS) is 13.8. The molecule has 0 aliphatic heterocycles. The number of esters is 1. The van der Waals surface area contributed by atoms with Crippen molar-refractivity contribution < 1.29 is 55.0 Å². The minimum absolute atomic E-state index is 0.0621. The Hall–Kier alpha value is -6.18. The minimum atomic E-state index is -4.66. The summed E-state index contributed by atoms with van der Waals surface area (Å²) in [5, 5.41) is 13.4. The van der Waals surface area contributed by atoms with E-state index < -0.39 is 65.8 Å². The van der Waals surface area contributed by atoms with Gasteiger partial charge >= 0.3 is 36.1 Å². The van der Waals surface area contributed by atoms with Crippen LogP contribution < -0.4 is 31.3 Å². The second-order valence-corrected chi connectivity index (χ2v) is 12.6. The second kappa shape index (κ2) is 17.1. The number of alkyl halides is 6. The number of aromatic nitrogens is 3. The van der Waals surface area contributed by atoms with Crippen molar-refractivity contribution in [1.82, 2.24) is 25.6 Å². The Morgan fingerprint density at radius 3 is 2.04 bits per heavy atom. The number of anilines is 4. The average Bonchev–Trinajstić information content (AvgIpc) is 3.93. The van der Waals surface area contributed by atoms with E-state index in [0.29, 0.717) is 23.6 Å². The Labute approximate surface area is 318 Å². The average molecular weight is 809 g/mol. The lowest BCUT2D eigenvalue weighted by atomic mass is 10.1. The van der Waals surface area contributed by atoms with Gasteiger partial charge in [0, 0.05) is 28.5 Å². The Morgan fingerprint density at radius 2 is 1.45 bits per heavy atom. The zero-order valence-corrected chi connectivity index (χ0v) is 29.7. The number of benzene rings is 3. The number of hydrogen-bond donors (Lipinski definition) is 5. The zero-order valence-electron chi connectivity index (χ0n) is 29.0. The van der Waals surface area contributed by atoms with Crippen molar-refractivity contribution in [2.45, 2.75) is 43.2 Å². The number of nitrogens with one attached hydrogen (secondary N) is 5. The molecule has 1 heterocycles. The summed E-state index contributed by atoms with van der Waals surface area (Å²) in [6, 6.07) is 14.1. The molecule has 1 aromatic heterocycles. The molecule has 3 aromatic carbocycles. The number of ether oxygens (including phenoxy) is 2. The molecule has 0 saturated heterocycles. The highest BCUT2D eigenvalue weighted by atomic mass is 35.5. The van der Waals surface area contributed by atoms with Crippen LogP contribution in [0.4, 0.5) is 49.6 Å². The Morgan fingerprint density at radius 1 is 0.821 bits per heavy atom. The van der Waals surface area contributed by atoms with Gasteiger partial charge in [-0.2, -0.15) is 41.3 Å². The van der Waals surface area contributed by atoms with E-state index in [1.54, 1.807) is 12.1 Å². The maximum Gasteiger partial charge on any atom is 0.422 e. The molecule has 1 aliphatic carbocycles. The van der Waals surface area contributed by atoms with Gasteiger partial charge in [-0.3, -0.25) is 14.4 Å². The summed E-state index contributed by atoms with van der Waals surface area (Å²) in [6.07, 6.45) is -8.10. The van der Waals surface area contributed by atoms with E-state index in [-0.39, 0.29) is 36.1 Å². The van der Waals surface area contributed by atoms with Crippen molar-refractivity contribution in [3.8, 4) is 6.01 Å². The van der Waals surface area contributed by atoms with Gasteiger partial charge in [-0.25, -0.2) is 4.79 Å². The largest absolute Gasteiger partial charge is 0.467 e. The van der Waals surface area contributed by atoms with Crippen LogP contribution in [0.2, 0.25) is 5.02 Å². The maximum atomic E-state index is 13.0. The van der Waals surface area contributed by atoms with Gasteiger partial charge in [-0.05, 0) is 85.5 Å². The van der Waals surface area contributed by atoms with Gasteiger partial charge in [0.2, 0.25) is 11.9 Å². The number of halogens is 7. The second-order valence-electron chi connectivity index (χ2n) is 12.2. The molecule has 0 spiro atoms. The number of rotatable bonds is 14. The molecule has 0 radical (unpaired) electrons. The van der Waals surface area contributed by atoms with Crippen molar-refractivity contribution in [1.29, 1.82) is 0 Å². The highest BCUT2D eigenvalue weighted by Crippen LogP contribution is 2.48. The molecule has 14 nitrogen and oxygen atoms in total. The fourth-order valence-electron chi connectivity index (χ4n) is 5.08. The molecule has 0 unspecified atom stereocenters. The summed E-state index contributed by atoms with van der Waals surface area (Å²) in [5.74, 6) is -4.18. The summed E-state index contributed by atoms with van der Waals surface area (Å²) in [4.78, 5) is 62.2. The van der Waals surface area contributed by atoms with E-state index >= 15 is 0 Å². The first kappa shape index (κ1) is 41.0. The first-order valence-corrected chi connectivity index (χ1v) is 16.8. The number of carbonyl (C=O) groups excluding carboxylic acids is 4. The first-order chi connectivity index (χ1) is 26.4. The molecule has 1 fully saturated rings. The third-order valence-electron chi connectivity index (χ3n) is 8.07. The van der Waals surface area contributed by atoms with E-state index in [1.807, 2.05) is 12.1 Å². The summed E-state index contributed by atoms with van der Waals surface area (Å²) in [6.45, 7) is -1.94. The molecule has 296 valence electrons. The smallest absolute Gasteiger partial charge is 0.422 e. The fraction of sp³-hybridized carbons (Fsp3) is 0.286. The van der Waals surface area contributed by atoms with E-state index in [2.05, 4.69) is 41.5 Å². The van der Waals surface area contributed by atoms with Gasteiger partial charge in [-0.15, -0.1) is 0 Å². The molecule has 56 heavy (non-hydrogen) atoms. The zero-order chi connectivity index (χ0) is 40.7. The molecule has 5 rings (SSSR count). The van der Waals surface area contributed by atoms with Crippen LogP contribution >= 0.6 is 11.6 Å².